The number of guanidine groups is 1. The first kappa shape index (κ1) is 29.3. The maximum atomic E-state index is 12.9. The standard InChI is InChI=1S/C29H33N9O5/c1-37(29(40)43-20-6-4-18(5-7-20)10-11-30)13-3-15-42-22-9-8-21-23(24(22)41-2)35-28(38-14-12-32-25(21)38)36-26(39)19-16-33-27(31)34-17-19/h4-9,16-17H,3,10-15,30H2,1-2H3,(H2,31,33,34)(H,35,36,39). The molecule has 0 unspecified atom stereocenters. The molecule has 2 aromatic carbocycles. The van der Waals surface area contributed by atoms with Crippen molar-refractivity contribution in [1.82, 2.24) is 25.1 Å². The van der Waals surface area contributed by atoms with Gasteiger partial charge < -0.3 is 30.6 Å². The molecule has 5 N–H and O–H groups in total. The van der Waals surface area contributed by atoms with Crippen molar-refractivity contribution in [2.75, 3.05) is 52.7 Å². The fourth-order valence-corrected chi connectivity index (χ4v) is 4.57. The summed E-state index contributed by atoms with van der Waals surface area (Å²) in [5, 5.41) is 2.82. The van der Waals surface area contributed by atoms with Gasteiger partial charge in [-0.25, -0.2) is 19.8 Å². The number of nitrogens with two attached hydrogens (primary N) is 2. The summed E-state index contributed by atoms with van der Waals surface area (Å²) in [4.78, 5) is 45.8. The van der Waals surface area contributed by atoms with E-state index in [1.165, 1.54) is 24.4 Å². The minimum atomic E-state index is -0.464. The zero-order chi connectivity index (χ0) is 30.3. The second-order valence-corrected chi connectivity index (χ2v) is 9.74. The lowest BCUT2D eigenvalue weighted by Crippen LogP contribution is -2.47. The summed E-state index contributed by atoms with van der Waals surface area (Å²) in [6, 6.07) is 11.0. The first-order valence-electron chi connectivity index (χ1n) is 13.7. The monoisotopic (exact) mass is 587 g/mol. The predicted octanol–water partition coefficient (Wildman–Crippen LogP) is 1.96. The van der Waals surface area contributed by atoms with Gasteiger partial charge in [0.1, 0.15) is 17.3 Å². The third-order valence-corrected chi connectivity index (χ3v) is 6.78. The van der Waals surface area contributed by atoms with Crippen LogP contribution in [0.25, 0.3) is 0 Å². The molecule has 2 amide bonds. The fraction of sp³-hybridized carbons (Fsp3) is 0.310. The summed E-state index contributed by atoms with van der Waals surface area (Å²) in [5.41, 5.74) is 13.7. The van der Waals surface area contributed by atoms with E-state index >= 15 is 0 Å². The molecule has 0 spiro atoms. The molecule has 0 radical (unpaired) electrons. The van der Waals surface area contributed by atoms with Gasteiger partial charge in [0.05, 0.1) is 25.8 Å². The summed E-state index contributed by atoms with van der Waals surface area (Å²) in [6.45, 7) is 2.38. The third-order valence-electron chi connectivity index (χ3n) is 6.78. The summed E-state index contributed by atoms with van der Waals surface area (Å²) in [7, 11) is 3.19. The Morgan fingerprint density at radius 1 is 1.12 bits per heavy atom. The van der Waals surface area contributed by atoms with Crippen LogP contribution in [0.1, 0.15) is 27.9 Å². The average molecular weight is 588 g/mol. The van der Waals surface area contributed by atoms with Gasteiger partial charge in [-0.1, -0.05) is 12.1 Å². The Morgan fingerprint density at radius 3 is 2.60 bits per heavy atom. The molecule has 2 aliphatic heterocycles. The summed E-state index contributed by atoms with van der Waals surface area (Å²) >= 11 is 0. The maximum absolute atomic E-state index is 12.9. The van der Waals surface area contributed by atoms with Crippen LogP contribution < -0.4 is 31.0 Å². The average Bonchev–Trinajstić information content (AvgIpc) is 3.51. The number of nitrogen functional groups attached to an aromatic ring is 1. The van der Waals surface area contributed by atoms with Crippen molar-refractivity contribution in [3.05, 3.63) is 65.5 Å². The highest BCUT2D eigenvalue weighted by molar-refractivity contribution is 6.20. The van der Waals surface area contributed by atoms with Gasteiger partial charge in [-0.2, -0.15) is 0 Å². The molecule has 0 bridgehead atoms. The lowest BCUT2D eigenvalue weighted by molar-refractivity contribution is 0.0973. The third kappa shape index (κ3) is 6.64. The molecule has 5 rings (SSSR count). The van der Waals surface area contributed by atoms with Gasteiger partial charge in [0.25, 0.3) is 5.91 Å². The molecule has 3 aromatic rings. The Hall–Kier alpha value is -5.24. The quantitative estimate of drug-likeness (QED) is 0.296. The number of ether oxygens (including phenoxy) is 3. The summed E-state index contributed by atoms with van der Waals surface area (Å²) in [6.07, 6.45) is 3.53. The van der Waals surface area contributed by atoms with E-state index in [2.05, 4.69) is 20.3 Å². The number of nitrogens with zero attached hydrogens (tertiary/aromatic N) is 6. The maximum Gasteiger partial charge on any atom is 0.414 e. The van der Waals surface area contributed by atoms with Crippen molar-refractivity contribution in [2.24, 2.45) is 15.7 Å². The Balaban J connectivity index is 1.22. The van der Waals surface area contributed by atoms with E-state index in [0.29, 0.717) is 73.9 Å². The van der Waals surface area contributed by atoms with Crippen molar-refractivity contribution in [1.29, 1.82) is 0 Å². The zero-order valence-electron chi connectivity index (χ0n) is 23.9. The fourth-order valence-electron chi connectivity index (χ4n) is 4.57. The Kier molecular flexibility index (Phi) is 8.96. The van der Waals surface area contributed by atoms with Gasteiger partial charge in [-0.15, -0.1) is 0 Å². The second-order valence-electron chi connectivity index (χ2n) is 9.74. The Bertz CT molecular complexity index is 1540. The van der Waals surface area contributed by atoms with E-state index in [-0.39, 0.29) is 11.5 Å². The van der Waals surface area contributed by atoms with E-state index in [0.717, 1.165) is 17.5 Å². The lowest BCUT2D eigenvalue weighted by atomic mass is 10.1. The van der Waals surface area contributed by atoms with E-state index in [1.807, 2.05) is 23.1 Å². The Labute approximate surface area is 248 Å². The number of anilines is 1. The van der Waals surface area contributed by atoms with Gasteiger partial charge in [-0.05, 0) is 49.2 Å². The molecule has 224 valence electrons. The summed E-state index contributed by atoms with van der Waals surface area (Å²) < 4.78 is 17.2. The molecule has 43 heavy (non-hydrogen) atoms. The predicted molar refractivity (Wildman–Crippen MR) is 160 cm³/mol. The smallest absolute Gasteiger partial charge is 0.414 e. The second kappa shape index (κ2) is 13.2. The van der Waals surface area contributed by atoms with Crippen molar-refractivity contribution in [3.8, 4) is 17.2 Å². The number of amidine groups is 1. The van der Waals surface area contributed by atoms with Crippen LogP contribution in [0.4, 0.5) is 16.4 Å². The van der Waals surface area contributed by atoms with Crippen molar-refractivity contribution >= 4 is 35.4 Å². The number of amides is 2. The van der Waals surface area contributed by atoms with Crippen LogP contribution >= 0.6 is 0 Å². The molecule has 0 saturated heterocycles. The molecule has 14 nitrogen and oxygen atoms in total. The zero-order valence-corrected chi connectivity index (χ0v) is 23.9. The number of hydrogen-bond acceptors (Lipinski definition) is 12. The molecule has 1 aromatic heterocycles. The molecular weight excluding hydrogens is 554 g/mol. The van der Waals surface area contributed by atoms with Crippen molar-refractivity contribution in [3.63, 3.8) is 0 Å². The molecule has 0 atom stereocenters. The minimum absolute atomic E-state index is 0.0721. The lowest BCUT2D eigenvalue weighted by Gasteiger charge is -2.28. The van der Waals surface area contributed by atoms with E-state index < -0.39 is 12.0 Å². The van der Waals surface area contributed by atoms with Crippen molar-refractivity contribution in [2.45, 2.75) is 12.8 Å². The number of nitrogens with one attached hydrogen (secondary N) is 1. The number of rotatable bonds is 10. The number of carbonyl (C=O) groups excluding carboxylic acids is 2. The van der Waals surface area contributed by atoms with Gasteiger partial charge >= 0.3 is 6.09 Å². The molecular formula is C29H33N9O5. The van der Waals surface area contributed by atoms with Gasteiger partial charge in [0, 0.05) is 38.1 Å². The number of aliphatic imine (C=N–C) groups is 2. The molecule has 0 saturated carbocycles. The van der Waals surface area contributed by atoms with Crippen LogP contribution in [0.15, 0.2) is 58.8 Å². The van der Waals surface area contributed by atoms with Gasteiger partial charge in [0.2, 0.25) is 11.9 Å². The number of aromatic nitrogens is 2. The SMILES string of the molecule is COc1c(OCCCN(C)C(=O)Oc2ccc(CCN)cc2)ccc2c1N=C(NC(=O)c1cnc(N)nc1)N1CCN=C21. The number of methoxy groups -OCH3 is 1. The first-order chi connectivity index (χ1) is 20.9. The molecule has 0 aliphatic carbocycles. The Morgan fingerprint density at radius 2 is 1.88 bits per heavy atom. The molecule has 14 heteroatoms. The minimum Gasteiger partial charge on any atom is -0.491 e. The van der Waals surface area contributed by atoms with Crippen molar-refractivity contribution < 1.29 is 23.8 Å². The highest BCUT2D eigenvalue weighted by atomic mass is 16.6. The molecule has 3 heterocycles. The molecule has 2 aliphatic rings. The van der Waals surface area contributed by atoms with E-state index in [9.17, 15) is 9.59 Å². The highest BCUT2D eigenvalue weighted by Crippen LogP contribution is 2.43. The topological polar surface area (TPSA) is 183 Å². The number of hydrogen-bond donors (Lipinski definition) is 3. The van der Waals surface area contributed by atoms with Crippen LogP contribution in [0.3, 0.4) is 0 Å². The first-order valence-corrected chi connectivity index (χ1v) is 13.7. The number of benzene rings is 2. The van der Waals surface area contributed by atoms with E-state index in [4.69, 9.17) is 30.7 Å². The largest absolute Gasteiger partial charge is 0.491 e. The van der Waals surface area contributed by atoms with Gasteiger partial charge in [0.15, 0.2) is 11.5 Å². The highest BCUT2D eigenvalue weighted by Gasteiger charge is 2.33. The van der Waals surface area contributed by atoms with Gasteiger partial charge in [-0.3, -0.25) is 20.0 Å². The van der Waals surface area contributed by atoms with Crippen LogP contribution in [-0.4, -0.2) is 90.5 Å². The molecule has 0 fully saturated rings. The number of carbonyl (C=O) groups is 2. The van der Waals surface area contributed by atoms with Crippen LogP contribution in [0, 0.1) is 0 Å². The normalized spacial score (nSPS) is 13.3. The summed E-state index contributed by atoms with van der Waals surface area (Å²) in [5.74, 6) is 1.95. The van der Waals surface area contributed by atoms with Crippen LogP contribution in [-0.2, 0) is 6.42 Å². The van der Waals surface area contributed by atoms with E-state index in [1.54, 1.807) is 25.2 Å². The van der Waals surface area contributed by atoms with Crippen LogP contribution in [0.2, 0.25) is 0 Å². The number of fused-ring (bicyclic) bond motifs is 3. The van der Waals surface area contributed by atoms with Crippen LogP contribution in [0.5, 0.6) is 17.2 Å².